The van der Waals surface area contributed by atoms with Crippen LogP contribution in [-0.4, -0.2) is 38.6 Å². The minimum Gasteiger partial charge on any atom is -0.468 e. The van der Waals surface area contributed by atoms with Gasteiger partial charge in [-0.2, -0.15) is 0 Å². The summed E-state index contributed by atoms with van der Waals surface area (Å²) in [4.78, 5) is 0. The van der Waals surface area contributed by atoms with Crippen LogP contribution in [0.1, 0.15) is 19.1 Å². The third-order valence-electron chi connectivity index (χ3n) is 2.46. The summed E-state index contributed by atoms with van der Waals surface area (Å²) in [6, 6.07) is 3.75. The molecule has 1 N–H and O–H groups in total. The Morgan fingerprint density at radius 3 is 2.76 bits per heavy atom. The van der Waals surface area contributed by atoms with Crippen LogP contribution in [0.25, 0.3) is 0 Å². The van der Waals surface area contributed by atoms with Gasteiger partial charge in [0.25, 0.3) is 0 Å². The summed E-state index contributed by atoms with van der Waals surface area (Å²) >= 11 is 0. The minimum atomic E-state index is -3.06. The van der Waals surface area contributed by atoms with Crippen molar-refractivity contribution in [2.45, 2.75) is 19.9 Å². The number of hydrogen-bond acceptors (Lipinski definition) is 4. The predicted molar refractivity (Wildman–Crippen MR) is 67.1 cm³/mol. The van der Waals surface area contributed by atoms with Crippen molar-refractivity contribution in [2.75, 3.05) is 25.9 Å². The molecule has 6 heteroatoms. The van der Waals surface area contributed by atoms with Gasteiger partial charge in [0.05, 0.1) is 19.1 Å². The van der Waals surface area contributed by atoms with Gasteiger partial charge in [-0.3, -0.25) is 0 Å². The van der Waals surface area contributed by atoms with Gasteiger partial charge in [0, 0.05) is 13.1 Å². The minimum absolute atomic E-state index is 0.525. The van der Waals surface area contributed by atoms with Crippen LogP contribution in [0.4, 0.5) is 0 Å². The maximum atomic E-state index is 11.3. The van der Waals surface area contributed by atoms with Gasteiger partial charge in [0.15, 0.2) is 0 Å². The van der Waals surface area contributed by atoms with E-state index in [1.165, 1.54) is 10.6 Å². The molecule has 0 fully saturated rings. The molecule has 5 nitrogen and oxygen atoms in total. The first-order chi connectivity index (χ1) is 8.04. The standard InChI is InChI=1S/C11H20N2O3S/c1-3-13(17(2,14)15)8-5-7-12-10-11-6-4-9-16-11/h4,6,9,12H,3,5,7-8,10H2,1-2H3. The Morgan fingerprint density at radius 2 is 2.24 bits per heavy atom. The first-order valence-corrected chi connectivity index (χ1v) is 7.57. The molecular formula is C11H20N2O3S. The fourth-order valence-electron chi connectivity index (χ4n) is 1.56. The highest BCUT2D eigenvalue weighted by molar-refractivity contribution is 7.88. The topological polar surface area (TPSA) is 62.6 Å². The van der Waals surface area contributed by atoms with Crippen molar-refractivity contribution in [1.82, 2.24) is 9.62 Å². The SMILES string of the molecule is CCN(CCCNCc1ccco1)S(C)(=O)=O. The lowest BCUT2D eigenvalue weighted by atomic mass is 10.4. The third-order valence-corrected chi connectivity index (χ3v) is 3.84. The van der Waals surface area contributed by atoms with E-state index >= 15 is 0 Å². The molecular weight excluding hydrogens is 240 g/mol. The van der Waals surface area contributed by atoms with Crippen molar-refractivity contribution in [3.8, 4) is 0 Å². The molecule has 1 aromatic heterocycles. The molecule has 1 heterocycles. The van der Waals surface area contributed by atoms with Crippen LogP contribution in [0.15, 0.2) is 22.8 Å². The lowest BCUT2D eigenvalue weighted by Gasteiger charge is -2.17. The van der Waals surface area contributed by atoms with Crippen molar-refractivity contribution < 1.29 is 12.8 Å². The van der Waals surface area contributed by atoms with E-state index in [0.29, 0.717) is 19.6 Å². The molecule has 1 rings (SSSR count). The first-order valence-electron chi connectivity index (χ1n) is 5.72. The molecule has 0 amide bonds. The summed E-state index contributed by atoms with van der Waals surface area (Å²) in [7, 11) is -3.06. The molecule has 98 valence electrons. The maximum absolute atomic E-state index is 11.3. The first kappa shape index (κ1) is 14.2. The van der Waals surface area contributed by atoms with Gasteiger partial charge in [-0.25, -0.2) is 12.7 Å². The van der Waals surface area contributed by atoms with E-state index in [9.17, 15) is 8.42 Å². The van der Waals surface area contributed by atoms with Gasteiger partial charge in [0.2, 0.25) is 10.0 Å². The number of furan rings is 1. The van der Waals surface area contributed by atoms with Gasteiger partial charge >= 0.3 is 0 Å². The Hall–Kier alpha value is -0.850. The lowest BCUT2D eigenvalue weighted by molar-refractivity contribution is 0.414. The zero-order valence-corrected chi connectivity index (χ0v) is 11.2. The van der Waals surface area contributed by atoms with Crippen molar-refractivity contribution in [3.05, 3.63) is 24.2 Å². The molecule has 0 aliphatic heterocycles. The molecule has 0 aromatic carbocycles. The van der Waals surface area contributed by atoms with Crippen LogP contribution in [-0.2, 0) is 16.6 Å². The Morgan fingerprint density at radius 1 is 1.47 bits per heavy atom. The van der Waals surface area contributed by atoms with Crippen LogP contribution < -0.4 is 5.32 Å². The normalized spacial score (nSPS) is 12.2. The molecule has 0 saturated heterocycles. The zero-order chi connectivity index (χ0) is 12.7. The number of sulfonamides is 1. The molecule has 0 unspecified atom stereocenters. The maximum Gasteiger partial charge on any atom is 0.211 e. The smallest absolute Gasteiger partial charge is 0.211 e. The van der Waals surface area contributed by atoms with E-state index in [0.717, 1.165) is 18.7 Å². The summed E-state index contributed by atoms with van der Waals surface area (Å²) in [5.74, 6) is 0.889. The second kappa shape index (κ2) is 6.78. The highest BCUT2D eigenvalue weighted by Gasteiger charge is 2.12. The molecule has 1 aromatic rings. The molecule has 0 bridgehead atoms. The highest BCUT2D eigenvalue weighted by Crippen LogP contribution is 2.00. The Balaban J connectivity index is 2.15. The third kappa shape index (κ3) is 5.34. The number of hydrogen-bond donors (Lipinski definition) is 1. The van der Waals surface area contributed by atoms with Crippen molar-refractivity contribution in [1.29, 1.82) is 0 Å². The zero-order valence-electron chi connectivity index (χ0n) is 10.3. The second-order valence-electron chi connectivity index (χ2n) is 3.86. The largest absolute Gasteiger partial charge is 0.468 e. The summed E-state index contributed by atoms with van der Waals surface area (Å²) < 4.78 is 29.2. The van der Waals surface area contributed by atoms with Gasteiger partial charge < -0.3 is 9.73 Å². The van der Waals surface area contributed by atoms with Gasteiger partial charge in [-0.05, 0) is 25.1 Å². The highest BCUT2D eigenvalue weighted by atomic mass is 32.2. The summed E-state index contributed by atoms with van der Waals surface area (Å²) in [6.45, 7) is 4.37. The van der Waals surface area contributed by atoms with E-state index < -0.39 is 10.0 Å². The Kier molecular flexibility index (Phi) is 5.67. The van der Waals surface area contributed by atoms with Gasteiger partial charge in [0.1, 0.15) is 5.76 Å². The van der Waals surface area contributed by atoms with Crippen LogP contribution >= 0.6 is 0 Å². The molecule has 0 aliphatic rings. The quantitative estimate of drug-likeness (QED) is 0.709. The average molecular weight is 260 g/mol. The molecule has 0 spiro atoms. The molecule has 0 atom stereocenters. The molecule has 0 radical (unpaired) electrons. The lowest BCUT2D eigenvalue weighted by Crippen LogP contribution is -2.32. The monoisotopic (exact) mass is 260 g/mol. The van der Waals surface area contributed by atoms with Gasteiger partial charge in [-0.15, -0.1) is 0 Å². The van der Waals surface area contributed by atoms with E-state index in [4.69, 9.17) is 4.42 Å². The van der Waals surface area contributed by atoms with Crippen LogP contribution in [0, 0.1) is 0 Å². The van der Waals surface area contributed by atoms with E-state index in [-0.39, 0.29) is 0 Å². The summed E-state index contributed by atoms with van der Waals surface area (Å²) in [5.41, 5.74) is 0. The van der Waals surface area contributed by atoms with Crippen LogP contribution in [0.3, 0.4) is 0 Å². The van der Waals surface area contributed by atoms with E-state index in [1.807, 2.05) is 19.1 Å². The Labute approximate surface area is 103 Å². The average Bonchev–Trinajstić information content (AvgIpc) is 2.74. The van der Waals surface area contributed by atoms with Crippen LogP contribution in [0.5, 0.6) is 0 Å². The van der Waals surface area contributed by atoms with Crippen LogP contribution in [0.2, 0.25) is 0 Å². The molecule has 17 heavy (non-hydrogen) atoms. The fraction of sp³-hybridized carbons (Fsp3) is 0.636. The van der Waals surface area contributed by atoms with E-state index in [1.54, 1.807) is 6.26 Å². The number of nitrogens with zero attached hydrogens (tertiary/aromatic N) is 1. The summed E-state index contributed by atoms with van der Waals surface area (Å²) in [5, 5.41) is 3.20. The molecule has 0 saturated carbocycles. The van der Waals surface area contributed by atoms with Crippen molar-refractivity contribution in [2.24, 2.45) is 0 Å². The summed E-state index contributed by atoms with van der Waals surface area (Å²) in [6.07, 6.45) is 3.67. The van der Waals surface area contributed by atoms with Crippen molar-refractivity contribution >= 4 is 10.0 Å². The van der Waals surface area contributed by atoms with Gasteiger partial charge in [-0.1, -0.05) is 6.92 Å². The molecule has 0 aliphatic carbocycles. The predicted octanol–water partition coefficient (Wildman–Crippen LogP) is 1.04. The Bertz CT molecular complexity index is 400. The van der Waals surface area contributed by atoms with Crippen molar-refractivity contribution in [3.63, 3.8) is 0 Å². The second-order valence-corrected chi connectivity index (χ2v) is 5.85. The number of nitrogens with one attached hydrogen (secondary N) is 1. The van der Waals surface area contributed by atoms with E-state index in [2.05, 4.69) is 5.32 Å². The fourth-order valence-corrected chi connectivity index (χ4v) is 2.49. The number of rotatable bonds is 8.